The summed E-state index contributed by atoms with van der Waals surface area (Å²) >= 11 is 0. The Bertz CT molecular complexity index is 684. The monoisotopic (exact) mass is 290 g/mol. The summed E-state index contributed by atoms with van der Waals surface area (Å²) in [5.74, 6) is 0.516. The van der Waals surface area contributed by atoms with Gasteiger partial charge in [-0.15, -0.1) is 0 Å². The third kappa shape index (κ3) is 2.83. The minimum absolute atomic E-state index is 0.211. The molecule has 20 heavy (non-hydrogen) atoms. The molecule has 0 saturated carbocycles. The first-order valence-electron chi connectivity index (χ1n) is 5.95. The molecule has 0 aliphatic rings. The summed E-state index contributed by atoms with van der Waals surface area (Å²) in [7, 11) is -3.41. The standard InChI is InChI=1S/C13H14N4O2S/c1-3-17(13-15-9-14-10-16-13)11-5-7-12(8-6-11)20(18,19)4-2/h4-10H,2-3H2,1H3. The molecule has 1 heterocycles. The Hall–Kier alpha value is -2.28. The molecule has 0 aliphatic heterocycles. The molecule has 0 unspecified atom stereocenters. The van der Waals surface area contributed by atoms with Gasteiger partial charge in [0.15, 0.2) is 9.84 Å². The zero-order chi connectivity index (χ0) is 14.6. The summed E-state index contributed by atoms with van der Waals surface area (Å²) in [6, 6.07) is 6.50. The number of benzene rings is 1. The molecule has 7 heteroatoms. The van der Waals surface area contributed by atoms with Crippen molar-refractivity contribution < 1.29 is 8.42 Å². The first-order valence-corrected chi connectivity index (χ1v) is 7.50. The van der Waals surface area contributed by atoms with Crippen molar-refractivity contribution >= 4 is 21.5 Å². The van der Waals surface area contributed by atoms with E-state index < -0.39 is 9.84 Å². The van der Waals surface area contributed by atoms with E-state index in [4.69, 9.17) is 0 Å². The lowest BCUT2D eigenvalue weighted by Crippen LogP contribution is -2.18. The lowest BCUT2D eigenvalue weighted by molar-refractivity contribution is 0.604. The molecule has 1 aromatic heterocycles. The van der Waals surface area contributed by atoms with Crippen molar-refractivity contribution in [1.82, 2.24) is 15.0 Å². The van der Waals surface area contributed by atoms with E-state index in [1.54, 1.807) is 12.1 Å². The van der Waals surface area contributed by atoms with Crippen LogP contribution in [-0.2, 0) is 9.84 Å². The van der Waals surface area contributed by atoms with E-state index in [1.807, 2.05) is 11.8 Å². The van der Waals surface area contributed by atoms with Gasteiger partial charge < -0.3 is 4.90 Å². The molecule has 0 fully saturated rings. The first kappa shape index (κ1) is 14.1. The summed E-state index contributed by atoms with van der Waals surface area (Å²) in [5, 5.41) is 0.936. The molecular weight excluding hydrogens is 276 g/mol. The highest BCUT2D eigenvalue weighted by atomic mass is 32.2. The molecule has 0 bridgehead atoms. The number of anilines is 2. The van der Waals surface area contributed by atoms with E-state index in [0.29, 0.717) is 12.5 Å². The van der Waals surface area contributed by atoms with E-state index >= 15 is 0 Å². The predicted octanol–water partition coefficient (Wildman–Crippen LogP) is 1.95. The first-order chi connectivity index (χ1) is 9.58. The molecule has 0 aliphatic carbocycles. The van der Waals surface area contributed by atoms with Gasteiger partial charge in [0, 0.05) is 17.6 Å². The van der Waals surface area contributed by atoms with Crippen LogP contribution in [0.5, 0.6) is 0 Å². The average Bonchev–Trinajstić information content (AvgIpc) is 2.50. The third-order valence-corrected chi connectivity index (χ3v) is 4.10. The normalized spacial score (nSPS) is 11.1. The number of hydrogen-bond acceptors (Lipinski definition) is 6. The Kier molecular flexibility index (Phi) is 4.09. The fourth-order valence-corrected chi connectivity index (χ4v) is 2.43. The van der Waals surface area contributed by atoms with E-state index in [-0.39, 0.29) is 4.90 Å². The maximum atomic E-state index is 11.7. The second kappa shape index (κ2) is 5.79. The van der Waals surface area contributed by atoms with Gasteiger partial charge in [-0.05, 0) is 31.2 Å². The number of nitrogens with zero attached hydrogens (tertiary/aromatic N) is 4. The van der Waals surface area contributed by atoms with E-state index in [9.17, 15) is 8.42 Å². The zero-order valence-corrected chi connectivity index (χ0v) is 11.8. The average molecular weight is 290 g/mol. The van der Waals surface area contributed by atoms with Crippen LogP contribution in [0.1, 0.15) is 6.92 Å². The summed E-state index contributed by atoms with van der Waals surface area (Å²) < 4.78 is 23.3. The highest BCUT2D eigenvalue weighted by Gasteiger charge is 2.13. The van der Waals surface area contributed by atoms with Crippen LogP contribution in [0.2, 0.25) is 0 Å². The van der Waals surface area contributed by atoms with Crippen LogP contribution in [0, 0.1) is 0 Å². The van der Waals surface area contributed by atoms with Crippen LogP contribution in [0.15, 0.2) is 53.8 Å². The molecule has 6 nitrogen and oxygen atoms in total. The quantitative estimate of drug-likeness (QED) is 0.837. The minimum Gasteiger partial charge on any atom is -0.311 e. The van der Waals surface area contributed by atoms with Gasteiger partial charge in [-0.25, -0.2) is 23.4 Å². The molecule has 0 N–H and O–H groups in total. The fourth-order valence-electron chi connectivity index (χ4n) is 1.72. The molecule has 2 aromatic rings. The van der Waals surface area contributed by atoms with Gasteiger partial charge in [-0.2, -0.15) is 0 Å². The second-order valence-electron chi connectivity index (χ2n) is 3.89. The smallest absolute Gasteiger partial charge is 0.232 e. The molecule has 0 radical (unpaired) electrons. The lowest BCUT2D eigenvalue weighted by atomic mass is 10.3. The van der Waals surface area contributed by atoms with Gasteiger partial charge in [0.1, 0.15) is 12.7 Å². The Morgan fingerprint density at radius 2 is 1.80 bits per heavy atom. The number of aromatic nitrogens is 3. The SMILES string of the molecule is C=CS(=O)(=O)c1ccc(N(CC)c2ncncn2)cc1. The van der Waals surface area contributed by atoms with Crippen molar-refractivity contribution in [2.45, 2.75) is 11.8 Å². The predicted molar refractivity (Wildman–Crippen MR) is 76.3 cm³/mol. The van der Waals surface area contributed by atoms with Crippen LogP contribution >= 0.6 is 0 Å². The molecule has 104 valence electrons. The Balaban J connectivity index is 2.36. The molecule has 1 aromatic carbocycles. The van der Waals surface area contributed by atoms with Crippen molar-refractivity contribution in [2.75, 3.05) is 11.4 Å². The highest BCUT2D eigenvalue weighted by Crippen LogP contribution is 2.23. The van der Waals surface area contributed by atoms with Crippen LogP contribution in [0.3, 0.4) is 0 Å². The number of hydrogen-bond donors (Lipinski definition) is 0. The van der Waals surface area contributed by atoms with Crippen molar-refractivity contribution in [1.29, 1.82) is 0 Å². The maximum Gasteiger partial charge on any atom is 0.232 e. The molecule has 0 saturated heterocycles. The molecular formula is C13H14N4O2S. The van der Waals surface area contributed by atoms with Crippen molar-refractivity contribution in [2.24, 2.45) is 0 Å². The number of rotatable bonds is 5. The largest absolute Gasteiger partial charge is 0.311 e. The van der Waals surface area contributed by atoms with Gasteiger partial charge in [0.05, 0.1) is 4.90 Å². The minimum atomic E-state index is -3.41. The molecule has 0 amide bonds. The maximum absolute atomic E-state index is 11.7. The molecule has 0 atom stereocenters. The Labute approximate surface area is 117 Å². The third-order valence-electron chi connectivity index (χ3n) is 2.73. The second-order valence-corrected chi connectivity index (χ2v) is 5.78. The van der Waals surface area contributed by atoms with Gasteiger partial charge in [-0.3, -0.25) is 0 Å². The number of sulfone groups is 1. The van der Waals surface area contributed by atoms with E-state index in [0.717, 1.165) is 11.1 Å². The highest BCUT2D eigenvalue weighted by molar-refractivity contribution is 7.94. The summed E-state index contributed by atoms with van der Waals surface area (Å²) in [5.41, 5.74) is 0.807. The molecule has 2 rings (SSSR count). The van der Waals surface area contributed by atoms with Crippen molar-refractivity contribution in [3.8, 4) is 0 Å². The van der Waals surface area contributed by atoms with Crippen molar-refractivity contribution in [3.05, 3.63) is 48.9 Å². The van der Waals surface area contributed by atoms with Crippen LogP contribution in [0.4, 0.5) is 11.6 Å². The van der Waals surface area contributed by atoms with Gasteiger partial charge in [-0.1, -0.05) is 6.58 Å². The summed E-state index contributed by atoms with van der Waals surface area (Å²) in [6.07, 6.45) is 2.84. The summed E-state index contributed by atoms with van der Waals surface area (Å²) in [6.45, 7) is 5.91. The van der Waals surface area contributed by atoms with Crippen molar-refractivity contribution in [3.63, 3.8) is 0 Å². The Morgan fingerprint density at radius 1 is 1.20 bits per heavy atom. The van der Waals surface area contributed by atoms with Gasteiger partial charge >= 0.3 is 0 Å². The van der Waals surface area contributed by atoms with E-state index in [1.165, 1.54) is 24.8 Å². The van der Waals surface area contributed by atoms with E-state index in [2.05, 4.69) is 21.5 Å². The van der Waals surface area contributed by atoms with Gasteiger partial charge in [0.2, 0.25) is 5.95 Å². The molecule has 0 spiro atoms. The summed E-state index contributed by atoms with van der Waals surface area (Å²) in [4.78, 5) is 14.0. The van der Waals surface area contributed by atoms with Gasteiger partial charge in [0.25, 0.3) is 0 Å². The van der Waals surface area contributed by atoms with Crippen LogP contribution in [0.25, 0.3) is 0 Å². The van der Waals surface area contributed by atoms with Crippen LogP contribution in [-0.4, -0.2) is 29.9 Å². The lowest BCUT2D eigenvalue weighted by Gasteiger charge is -2.20. The zero-order valence-electron chi connectivity index (χ0n) is 11.0. The Morgan fingerprint density at radius 3 is 2.30 bits per heavy atom. The van der Waals surface area contributed by atoms with Crippen LogP contribution < -0.4 is 4.90 Å². The topological polar surface area (TPSA) is 76.1 Å². The fraction of sp³-hybridized carbons (Fsp3) is 0.154.